The summed E-state index contributed by atoms with van der Waals surface area (Å²) in [5.74, 6) is 0.642. The predicted octanol–water partition coefficient (Wildman–Crippen LogP) is 4.29. The molecule has 3 rings (SSSR count). The molecule has 0 radical (unpaired) electrons. The van der Waals surface area contributed by atoms with Crippen LogP contribution in [-0.2, 0) is 6.42 Å². The van der Waals surface area contributed by atoms with Gasteiger partial charge in [-0.1, -0.05) is 44.2 Å². The van der Waals surface area contributed by atoms with Crippen LogP contribution in [0, 0.1) is 12.8 Å². The van der Waals surface area contributed by atoms with Crippen molar-refractivity contribution in [1.29, 1.82) is 0 Å². The fraction of sp³-hybridized carbons (Fsp3) is 0.294. The normalized spacial score (nSPS) is 11.6. The molecular weight excluding hydrogens is 232 g/mol. The Morgan fingerprint density at radius 1 is 1.05 bits per heavy atom. The molecule has 3 aromatic rings. The van der Waals surface area contributed by atoms with Crippen LogP contribution in [0.3, 0.4) is 0 Å². The molecule has 0 spiro atoms. The number of benzene rings is 2. The molecule has 0 bridgehead atoms. The van der Waals surface area contributed by atoms with Crippen LogP contribution in [0.1, 0.15) is 25.1 Å². The van der Waals surface area contributed by atoms with Gasteiger partial charge in [0.1, 0.15) is 6.33 Å². The van der Waals surface area contributed by atoms with Gasteiger partial charge in [-0.05, 0) is 30.2 Å². The molecular formula is C17H18N2. The molecule has 0 fully saturated rings. The Morgan fingerprint density at radius 2 is 1.89 bits per heavy atom. The summed E-state index contributed by atoms with van der Waals surface area (Å²) in [6.07, 6.45) is 2.75. The van der Waals surface area contributed by atoms with Crippen molar-refractivity contribution in [2.24, 2.45) is 5.92 Å². The van der Waals surface area contributed by atoms with E-state index in [2.05, 4.69) is 54.1 Å². The molecule has 2 nitrogen and oxygen atoms in total. The van der Waals surface area contributed by atoms with Gasteiger partial charge in [-0.2, -0.15) is 0 Å². The Labute approximate surface area is 113 Å². The van der Waals surface area contributed by atoms with Crippen molar-refractivity contribution in [3.8, 4) is 0 Å². The van der Waals surface area contributed by atoms with Crippen LogP contribution in [0.4, 0.5) is 0 Å². The highest BCUT2D eigenvalue weighted by Crippen LogP contribution is 2.29. The van der Waals surface area contributed by atoms with E-state index in [0.29, 0.717) is 5.92 Å². The summed E-state index contributed by atoms with van der Waals surface area (Å²) in [6.45, 7) is 6.55. The lowest BCUT2D eigenvalue weighted by atomic mass is 9.95. The summed E-state index contributed by atoms with van der Waals surface area (Å²) in [5.41, 5.74) is 3.52. The lowest BCUT2D eigenvalue weighted by Gasteiger charge is -2.11. The van der Waals surface area contributed by atoms with Gasteiger partial charge in [0, 0.05) is 16.5 Å². The quantitative estimate of drug-likeness (QED) is 0.634. The summed E-state index contributed by atoms with van der Waals surface area (Å²) < 4.78 is 0. The van der Waals surface area contributed by atoms with E-state index < -0.39 is 0 Å². The van der Waals surface area contributed by atoms with Gasteiger partial charge < -0.3 is 0 Å². The smallest absolute Gasteiger partial charge is 0.116 e. The second kappa shape index (κ2) is 4.61. The first-order valence-electron chi connectivity index (χ1n) is 6.78. The fourth-order valence-corrected chi connectivity index (χ4v) is 2.71. The molecule has 0 atom stereocenters. The minimum atomic E-state index is 0.642. The van der Waals surface area contributed by atoms with Crippen LogP contribution in [0.15, 0.2) is 36.7 Å². The van der Waals surface area contributed by atoms with Crippen molar-refractivity contribution in [1.82, 2.24) is 9.97 Å². The summed E-state index contributed by atoms with van der Waals surface area (Å²) in [5, 5.41) is 3.72. The molecule has 0 N–H and O–H groups in total. The molecule has 19 heavy (non-hydrogen) atoms. The van der Waals surface area contributed by atoms with Crippen molar-refractivity contribution in [2.75, 3.05) is 0 Å². The van der Waals surface area contributed by atoms with Crippen molar-refractivity contribution >= 4 is 21.7 Å². The highest BCUT2D eigenvalue weighted by atomic mass is 14.8. The zero-order valence-electron chi connectivity index (χ0n) is 11.6. The average molecular weight is 250 g/mol. The number of fused-ring (bicyclic) bond motifs is 3. The van der Waals surface area contributed by atoms with Gasteiger partial charge in [0.15, 0.2) is 0 Å². The van der Waals surface area contributed by atoms with E-state index in [9.17, 15) is 0 Å². The molecule has 1 heterocycles. The van der Waals surface area contributed by atoms with Crippen molar-refractivity contribution in [3.63, 3.8) is 0 Å². The first kappa shape index (κ1) is 12.1. The Hall–Kier alpha value is -1.96. The van der Waals surface area contributed by atoms with Gasteiger partial charge in [0.25, 0.3) is 0 Å². The molecule has 0 aliphatic rings. The monoisotopic (exact) mass is 250 g/mol. The van der Waals surface area contributed by atoms with E-state index in [1.165, 1.54) is 16.3 Å². The van der Waals surface area contributed by atoms with Gasteiger partial charge in [-0.15, -0.1) is 0 Å². The Morgan fingerprint density at radius 3 is 2.68 bits per heavy atom. The SMILES string of the molecule is Cc1ncnc2c1ccc1cccc(CC(C)C)c12. The lowest BCUT2D eigenvalue weighted by molar-refractivity contribution is 0.650. The van der Waals surface area contributed by atoms with E-state index in [4.69, 9.17) is 0 Å². The van der Waals surface area contributed by atoms with Crippen LogP contribution in [-0.4, -0.2) is 9.97 Å². The topological polar surface area (TPSA) is 25.8 Å². The maximum absolute atomic E-state index is 4.53. The Kier molecular flexibility index (Phi) is 2.94. The van der Waals surface area contributed by atoms with Crippen LogP contribution in [0.5, 0.6) is 0 Å². The van der Waals surface area contributed by atoms with Crippen molar-refractivity contribution in [2.45, 2.75) is 27.2 Å². The Bertz CT molecular complexity index is 745. The van der Waals surface area contributed by atoms with Gasteiger partial charge >= 0.3 is 0 Å². The van der Waals surface area contributed by atoms with E-state index in [1.54, 1.807) is 6.33 Å². The van der Waals surface area contributed by atoms with Gasteiger partial charge in [-0.3, -0.25) is 0 Å². The summed E-state index contributed by atoms with van der Waals surface area (Å²) in [4.78, 5) is 8.82. The second-order valence-electron chi connectivity index (χ2n) is 5.53. The third-order valence-corrected chi connectivity index (χ3v) is 3.56. The summed E-state index contributed by atoms with van der Waals surface area (Å²) in [7, 11) is 0. The van der Waals surface area contributed by atoms with E-state index in [-0.39, 0.29) is 0 Å². The predicted molar refractivity (Wildman–Crippen MR) is 80.3 cm³/mol. The highest BCUT2D eigenvalue weighted by Gasteiger charge is 2.09. The molecule has 0 unspecified atom stereocenters. The zero-order valence-corrected chi connectivity index (χ0v) is 11.6. The van der Waals surface area contributed by atoms with Crippen LogP contribution in [0.2, 0.25) is 0 Å². The number of rotatable bonds is 2. The molecule has 2 aromatic carbocycles. The van der Waals surface area contributed by atoms with Gasteiger partial charge in [-0.25, -0.2) is 9.97 Å². The fourth-order valence-electron chi connectivity index (χ4n) is 2.71. The lowest BCUT2D eigenvalue weighted by Crippen LogP contribution is -1.97. The number of aryl methyl sites for hydroxylation is 1. The van der Waals surface area contributed by atoms with E-state index >= 15 is 0 Å². The van der Waals surface area contributed by atoms with Gasteiger partial charge in [0.05, 0.1) is 5.52 Å². The standard InChI is InChI=1S/C17H18N2/c1-11(2)9-14-6-4-5-13-7-8-15-12(3)18-10-19-17(15)16(13)14/h4-8,10-11H,9H2,1-3H3. The molecule has 0 aliphatic carbocycles. The molecule has 2 heteroatoms. The van der Waals surface area contributed by atoms with Crippen molar-refractivity contribution < 1.29 is 0 Å². The van der Waals surface area contributed by atoms with Crippen LogP contribution in [0.25, 0.3) is 21.7 Å². The van der Waals surface area contributed by atoms with Crippen molar-refractivity contribution in [3.05, 3.63) is 47.9 Å². The summed E-state index contributed by atoms with van der Waals surface area (Å²) in [6, 6.07) is 10.8. The highest BCUT2D eigenvalue weighted by molar-refractivity contribution is 6.07. The number of aromatic nitrogens is 2. The molecule has 96 valence electrons. The minimum absolute atomic E-state index is 0.642. The van der Waals surface area contributed by atoms with Gasteiger partial charge in [0.2, 0.25) is 0 Å². The maximum atomic E-state index is 4.53. The zero-order chi connectivity index (χ0) is 13.4. The Balaban J connectivity index is 2.42. The maximum Gasteiger partial charge on any atom is 0.116 e. The first-order chi connectivity index (χ1) is 9.16. The third-order valence-electron chi connectivity index (χ3n) is 3.56. The average Bonchev–Trinajstić information content (AvgIpc) is 2.38. The third kappa shape index (κ3) is 2.07. The van der Waals surface area contributed by atoms with Crippen LogP contribution >= 0.6 is 0 Å². The molecule has 0 saturated carbocycles. The largest absolute Gasteiger partial charge is 0.241 e. The molecule has 0 amide bonds. The van der Waals surface area contributed by atoms with E-state index in [1.807, 2.05) is 6.92 Å². The number of nitrogens with zero attached hydrogens (tertiary/aromatic N) is 2. The minimum Gasteiger partial charge on any atom is -0.241 e. The second-order valence-corrected chi connectivity index (χ2v) is 5.53. The van der Waals surface area contributed by atoms with E-state index in [0.717, 1.165) is 23.0 Å². The summed E-state index contributed by atoms with van der Waals surface area (Å²) >= 11 is 0. The first-order valence-corrected chi connectivity index (χ1v) is 6.78. The molecule has 0 saturated heterocycles. The van der Waals surface area contributed by atoms with Crippen LogP contribution < -0.4 is 0 Å². The number of hydrogen-bond donors (Lipinski definition) is 0. The molecule has 0 aliphatic heterocycles. The number of hydrogen-bond acceptors (Lipinski definition) is 2. The molecule has 1 aromatic heterocycles.